The Labute approximate surface area is 185 Å². The lowest BCUT2D eigenvalue weighted by Crippen LogP contribution is -2.45. The Hall–Kier alpha value is -0.900. The van der Waals surface area contributed by atoms with Crippen molar-refractivity contribution in [2.24, 2.45) is 0 Å². The summed E-state index contributed by atoms with van der Waals surface area (Å²) >= 11 is 1.55. The number of likely N-dealkylation sites (N-methyl/N-ethyl adjacent to an activating group) is 1. The summed E-state index contributed by atoms with van der Waals surface area (Å²) in [7, 11) is 4.07. The van der Waals surface area contributed by atoms with Crippen molar-refractivity contribution in [1.82, 2.24) is 14.8 Å². The van der Waals surface area contributed by atoms with Gasteiger partial charge in [0.2, 0.25) is 0 Å². The van der Waals surface area contributed by atoms with Crippen LogP contribution in [-0.2, 0) is 17.5 Å². The minimum absolute atomic E-state index is 0. The fourth-order valence-electron chi connectivity index (χ4n) is 3.14. The topological polar surface area (TPSA) is 28.6 Å². The van der Waals surface area contributed by atoms with Gasteiger partial charge in [0.1, 0.15) is 5.01 Å². The van der Waals surface area contributed by atoms with Crippen LogP contribution in [0, 0.1) is 6.92 Å². The summed E-state index contributed by atoms with van der Waals surface area (Å²) in [6, 6.07) is 5.21. The highest BCUT2D eigenvalue weighted by molar-refractivity contribution is 7.15. The molecule has 1 unspecified atom stereocenters. The average Bonchev–Trinajstić information content (AvgIpc) is 2.95. The summed E-state index contributed by atoms with van der Waals surface area (Å²) in [5, 5.41) is 0.759. The van der Waals surface area contributed by atoms with Crippen molar-refractivity contribution in [1.29, 1.82) is 0 Å². The number of rotatable bonds is 5. The molecular weight excluding hydrogens is 446 g/mol. The Kier molecular flexibility index (Phi) is 9.85. The first-order chi connectivity index (χ1) is 12.7. The van der Waals surface area contributed by atoms with Crippen molar-refractivity contribution in [3.05, 3.63) is 40.4 Å². The van der Waals surface area contributed by atoms with E-state index < -0.39 is 11.7 Å². The van der Waals surface area contributed by atoms with E-state index in [1.165, 1.54) is 12.1 Å². The first-order valence-electron chi connectivity index (χ1n) is 8.85. The number of ether oxygens (including phenoxy) is 1. The predicted octanol–water partition coefficient (Wildman–Crippen LogP) is 4.74. The molecule has 1 aromatic heterocycles. The zero-order chi connectivity index (χ0) is 19.6. The quantitative estimate of drug-likeness (QED) is 0.629. The van der Waals surface area contributed by atoms with Crippen molar-refractivity contribution >= 4 is 36.2 Å². The zero-order valence-electron chi connectivity index (χ0n) is 16.5. The predicted molar refractivity (Wildman–Crippen MR) is 115 cm³/mol. The van der Waals surface area contributed by atoms with E-state index in [0.29, 0.717) is 6.61 Å². The molecule has 0 saturated carbocycles. The second kappa shape index (κ2) is 10.9. The first kappa shape index (κ1) is 26.1. The van der Waals surface area contributed by atoms with Crippen LogP contribution in [0.5, 0.6) is 0 Å². The normalized spacial score (nSPS) is 17.7. The second-order valence-corrected chi connectivity index (χ2v) is 8.18. The lowest BCUT2D eigenvalue weighted by atomic mass is 10.1. The number of aryl methyl sites for hydroxylation is 1. The van der Waals surface area contributed by atoms with E-state index in [1.54, 1.807) is 11.3 Å². The fraction of sp³-hybridized carbons (Fsp3) is 0.526. The molecule has 0 radical (unpaired) electrons. The summed E-state index contributed by atoms with van der Waals surface area (Å²) in [6.07, 6.45) is -4.13. The van der Waals surface area contributed by atoms with E-state index in [9.17, 15) is 13.2 Å². The van der Waals surface area contributed by atoms with E-state index in [-0.39, 0.29) is 30.9 Å². The first-order valence-corrected chi connectivity index (χ1v) is 9.66. The third-order valence-corrected chi connectivity index (χ3v) is 5.70. The molecule has 2 aromatic rings. The molecule has 0 N–H and O–H groups in total. The van der Waals surface area contributed by atoms with E-state index in [4.69, 9.17) is 4.74 Å². The summed E-state index contributed by atoms with van der Waals surface area (Å²) in [5.74, 6) is 0. The van der Waals surface area contributed by atoms with Gasteiger partial charge in [0.05, 0.1) is 24.0 Å². The smallest absolute Gasteiger partial charge is 0.374 e. The summed E-state index contributed by atoms with van der Waals surface area (Å²) in [6.45, 7) is 6.08. The third-order valence-electron chi connectivity index (χ3n) is 4.51. The number of alkyl halides is 3. The van der Waals surface area contributed by atoms with Gasteiger partial charge in [0.25, 0.3) is 0 Å². The second-order valence-electron chi connectivity index (χ2n) is 7.09. The number of nitrogens with zero attached hydrogens (tertiary/aromatic N) is 3. The molecule has 2 heterocycles. The fourth-order valence-corrected chi connectivity index (χ4v) is 4.26. The van der Waals surface area contributed by atoms with Gasteiger partial charge < -0.3 is 9.64 Å². The van der Waals surface area contributed by atoms with Crippen molar-refractivity contribution in [2.45, 2.75) is 25.7 Å². The summed E-state index contributed by atoms with van der Waals surface area (Å²) in [4.78, 5) is 10.2. The number of thiazole rings is 1. The maximum absolute atomic E-state index is 12.7. The molecule has 29 heavy (non-hydrogen) atoms. The van der Waals surface area contributed by atoms with Crippen molar-refractivity contribution in [3.63, 3.8) is 0 Å². The molecular formula is C19H26Cl2F3N3OS. The molecule has 10 heteroatoms. The highest BCUT2D eigenvalue weighted by atomic mass is 35.5. The number of hydrogen-bond acceptors (Lipinski definition) is 5. The monoisotopic (exact) mass is 471 g/mol. The van der Waals surface area contributed by atoms with Gasteiger partial charge >= 0.3 is 6.18 Å². The van der Waals surface area contributed by atoms with Crippen LogP contribution in [-0.4, -0.2) is 61.2 Å². The molecule has 1 aliphatic heterocycles. The van der Waals surface area contributed by atoms with Gasteiger partial charge in [-0.05, 0) is 33.2 Å². The molecule has 0 spiro atoms. The van der Waals surface area contributed by atoms with Crippen LogP contribution >= 0.6 is 36.2 Å². The van der Waals surface area contributed by atoms with E-state index in [0.717, 1.165) is 59.5 Å². The molecule has 0 aliphatic carbocycles. The Morgan fingerprint density at radius 3 is 2.45 bits per heavy atom. The summed E-state index contributed by atoms with van der Waals surface area (Å²) in [5.41, 5.74) is 1.01. The number of benzene rings is 1. The molecule has 0 bridgehead atoms. The van der Waals surface area contributed by atoms with Crippen molar-refractivity contribution in [3.8, 4) is 10.6 Å². The van der Waals surface area contributed by atoms with Gasteiger partial charge in [-0.25, -0.2) is 4.98 Å². The molecule has 3 rings (SSSR count). The molecule has 1 fully saturated rings. The van der Waals surface area contributed by atoms with Crippen LogP contribution in [0.2, 0.25) is 0 Å². The summed E-state index contributed by atoms with van der Waals surface area (Å²) < 4.78 is 44.0. The average molecular weight is 472 g/mol. The van der Waals surface area contributed by atoms with Gasteiger partial charge in [-0.1, -0.05) is 12.1 Å². The van der Waals surface area contributed by atoms with Gasteiger partial charge in [-0.15, -0.1) is 36.2 Å². The molecule has 164 valence electrons. The van der Waals surface area contributed by atoms with E-state index in [1.807, 2.05) is 21.0 Å². The van der Waals surface area contributed by atoms with Gasteiger partial charge in [-0.2, -0.15) is 13.2 Å². The maximum Gasteiger partial charge on any atom is 0.416 e. The number of aromatic nitrogens is 1. The van der Waals surface area contributed by atoms with Gasteiger partial charge in [0, 0.05) is 36.6 Å². The van der Waals surface area contributed by atoms with E-state index in [2.05, 4.69) is 14.8 Å². The minimum Gasteiger partial charge on any atom is -0.374 e. The number of hydrogen-bond donors (Lipinski definition) is 0. The Morgan fingerprint density at radius 1 is 1.21 bits per heavy atom. The van der Waals surface area contributed by atoms with Gasteiger partial charge in [0.15, 0.2) is 0 Å². The molecule has 4 nitrogen and oxygen atoms in total. The van der Waals surface area contributed by atoms with Crippen LogP contribution in [0.25, 0.3) is 10.6 Å². The maximum atomic E-state index is 12.7. The highest BCUT2D eigenvalue weighted by Gasteiger charge is 2.30. The van der Waals surface area contributed by atoms with Gasteiger partial charge in [-0.3, -0.25) is 4.90 Å². The van der Waals surface area contributed by atoms with Crippen LogP contribution < -0.4 is 0 Å². The Morgan fingerprint density at radius 2 is 1.86 bits per heavy atom. The molecule has 0 amide bonds. The van der Waals surface area contributed by atoms with Crippen LogP contribution in [0.4, 0.5) is 13.2 Å². The van der Waals surface area contributed by atoms with Crippen LogP contribution in [0.3, 0.4) is 0 Å². The van der Waals surface area contributed by atoms with Crippen molar-refractivity contribution < 1.29 is 17.9 Å². The minimum atomic E-state index is -4.32. The lowest BCUT2D eigenvalue weighted by Gasteiger charge is -2.33. The van der Waals surface area contributed by atoms with E-state index >= 15 is 0 Å². The number of halogens is 5. The Balaban J connectivity index is 0.00000210. The lowest BCUT2D eigenvalue weighted by molar-refractivity contribution is -0.137. The zero-order valence-corrected chi connectivity index (χ0v) is 19.0. The highest BCUT2D eigenvalue weighted by Crippen LogP contribution is 2.33. The van der Waals surface area contributed by atoms with Crippen LogP contribution in [0.15, 0.2) is 24.3 Å². The molecule has 1 saturated heterocycles. The van der Waals surface area contributed by atoms with Crippen LogP contribution in [0.1, 0.15) is 16.1 Å². The molecule has 1 aromatic carbocycles. The van der Waals surface area contributed by atoms with Crippen molar-refractivity contribution in [2.75, 3.05) is 40.3 Å². The third kappa shape index (κ3) is 7.08. The molecule has 1 atom stereocenters. The largest absolute Gasteiger partial charge is 0.416 e. The number of morpholine rings is 1. The SMILES string of the molecule is Cc1nc(-c2ccc(C(F)(F)F)cc2)sc1CN1CCOC(CN(C)C)C1.Cl.Cl. The molecule has 1 aliphatic rings. The standard InChI is InChI=1S/C19H24F3N3OS.2ClH/c1-13-17(12-25-8-9-26-16(11-25)10-24(2)3)27-18(23-13)14-4-6-15(7-5-14)19(20,21)22;;/h4-7,16H,8-12H2,1-3H3;2*1H. The Bertz CT molecular complexity index is 769.